The van der Waals surface area contributed by atoms with Crippen LogP contribution in [-0.4, -0.2) is 22.8 Å². The van der Waals surface area contributed by atoms with Crippen LogP contribution in [0.2, 0.25) is 0 Å². The summed E-state index contributed by atoms with van der Waals surface area (Å²) in [6.45, 7) is 5.39. The van der Waals surface area contributed by atoms with Crippen LogP contribution in [0.1, 0.15) is 35.8 Å². The normalized spacial score (nSPS) is 11.3. The largest absolute Gasteiger partial charge is 0.315 e. The van der Waals surface area contributed by atoms with Crippen LogP contribution in [0.4, 0.5) is 0 Å². The minimum absolute atomic E-state index is 0.563. The third kappa shape index (κ3) is 4.48. The van der Waals surface area contributed by atoms with Gasteiger partial charge < -0.3 is 5.32 Å². The van der Waals surface area contributed by atoms with Gasteiger partial charge in [0, 0.05) is 18.9 Å². The SMILES string of the molecule is CC(C)NCCCc1nnc(Cc2ccsc2)s1. The molecule has 0 amide bonds. The number of nitrogens with one attached hydrogen (secondary N) is 1. The van der Waals surface area contributed by atoms with Crippen molar-refractivity contribution in [3.63, 3.8) is 0 Å². The molecule has 0 radical (unpaired) electrons. The number of aromatic nitrogens is 2. The van der Waals surface area contributed by atoms with Crippen molar-refractivity contribution in [2.24, 2.45) is 0 Å². The zero-order chi connectivity index (χ0) is 12.8. The van der Waals surface area contributed by atoms with Gasteiger partial charge in [0.1, 0.15) is 10.0 Å². The molecule has 3 nitrogen and oxygen atoms in total. The molecule has 5 heteroatoms. The summed E-state index contributed by atoms with van der Waals surface area (Å²) in [6.07, 6.45) is 3.08. The van der Waals surface area contributed by atoms with Crippen molar-refractivity contribution in [2.75, 3.05) is 6.54 Å². The first-order chi connectivity index (χ1) is 8.74. The monoisotopic (exact) mass is 281 g/mol. The van der Waals surface area contributed by atoms with E-state index >= 15 is 0 Å². The van der Waals surface area contributed by atoms with E-state index in [1.54, 1.807) is 22.7 Å². The number of hydrogen-bond donors (Lipinski definition) is 1. The first-order valence-electron chi connectivity index (χ1n) is 6.30. The highest BCUT2D eigenvalue weighted by Gasteiger charge is 2.05. The molecule has 18 heavy (non-hydrogen) atoms. The molecule has 0 spiro atoms. The molecular formula is C13H19N3S2. The average molecular weight is 281 g/mol. The molecule has 0 aliphatic heterocycles. The molecule has 98 valence electrons. The zero-order valence-electron chi connectivity index (χ0n) is 10.8. The van der Waals surface area contributed by atoms with Crippen LogP contribution in [0.5, 0.6) is 0 Å². The lowest BCUT2D eigenvalue weighted by molar-refractivity contribution is 0.569. The molecule has 0 aliphatic rings. The Balaban J connectivity index is 1.76. The number of rotatable bonds is 7. The predicted octanol–water partition coefficient (Wildman–Crippen LogP) is 3.12. The van der Waals surface area contributed by atoms with Crippen molar-refractivity contribution in [3.05, 3.63) is 32.4 Å². The lowest BCUT2D eigenvalue weighted by atomic mass is 10.3. The third-order valence-electron chi connectivity index (χ3n) is 2.56. The summed E-state index contributed by atoms with van der Waals surface area (Å²) < 4.78 is 0. The maximum atomic E-state index is 4.26. The Kier molecular flexibility index (Phi) is 5.28. The maximum absolute atomic E-state index is 4.26. The first kappa shape index (κ1) is 13.6. The highest BCUT2D eigenvalue weighted by Crippen LogP contribution is 2.17. The molecule has 0 aliphatic carbocycles. The van der Waals surface area contributed by atoms with Crippen LogP contribution >= 0.6 is 22.7 Å². The fraction of sp³-hybridized carbons (Fsp3) is 0.538. The van der Waals surface area contributed by atoms with Gasteiger partial charge in [0.2, 0.25) is 0 Å². The Morgan fingerprint density at radius 2 is 2.11 bits per heavy atom. The van der Waals surface area contributed by atoms with E-state index in [2.05, 4.69) is 46.2 Å². The predicted molar refractivity (Wildman–Crippen MR) is 78.5 cm³/mol. The summed E-state index contributed by atoms with van der Waals surface area (Å²) in [7, 11) is 0. The Hall–Kier alpha value is -0.780. The van der Waals surface area contributed by atoms with E-state index in [1.807, 2.05) is 0 Å². The molecule has 0 aromatic carbocycles. The molecule has 1 N–H and O–H groups in total. The summed E-state index contributed by atoms with van der Waals surface area (Å²) in [5.74, 6) is 0. The molecule has 0 atom stereocenters. The van der Waals surface area contributed by atoms with E-state index in [9.17, 15) is 0 Å². The fourth-order valence-corrected chi connectivity index (χ4v) is 3.25. The van der Waals surface area contributed by atoms with E-state index < -0.39 is 0 Å². The first-order valence-corrected chi connectivity index (χ1v) is 8.05. The van der Waals surface area contributed by atoms with Gasteiger partial charge in [-0.25, -0.2) is 0 Å². The van der Waals surface area contributed by atoms with Gasteiger partial charge in [0.15, 0.2) is 0 Å². The van der Waals surface area contributed by atoms with Crippen LogP contribution in [-0.2, 0) is 12.8 Å². The van der Waals surface area contributed by atoms with Gasteiger partial charge in [-0.1, -0.05) is 13.8 Å². The average Bonchev–Trinajstić information content (AvgIpc) is 2.97. The lowest BCUT2D eigenvalue weighted by Gasteiger charge is -2.05. The van der Waals surface area contributed by atoms with Crippen molar-refractivity contribution >= 4 is 22.7 Å². The van der Waals surface area contributed by atoms with Gasteiger partial charge in [0.05, 0.1) is 0 Å². The van der Waals surface area contributed by atoms with Crippen molar-refractivity contribution < 1.29 is 0 Å². The van der Waals surface area contributed by atoms with Gasteiger partial charge >= 0.3 is 0 Å². The number of hydrogen-bond acceptors (Lipinski definition) is 5. The molecule has 0 saturated heterocycles. The van der Waals surface area contributed by atoms with Crippen LogP contribution < -0.4 is 5.32 Å². The molecule has 2 rings (SSSR count). The van der Waals surface area contributed by atoms with Crippen LogP contribution in [0.25, 0.3) is 0 Å². The summed E-state index contributed by atoms with van der Waals surface area (Å²) in [6, 6.07) is 2.71. The fourth-order valence-electron chi connectivity index (χ4n) is 1.66. The molecule has 0 fully saturated rings. The number of aryl methyl sites for hydroxylation is 1. The minimum atomic E-state index is 0.563. The highest BCUT2D eigenvalue weighted by atomic mass is 32.1. The second-order valence-corrected chi connectivity index (χ2v) is 6.54. The molecule has 0 bridgehead atoms. The smallest absolute Gasteiger partial charge is 0.121 e. The van der Waals surface area contributed by atoms with Gasteiger partial charge in [0.25, 0.3) is 0 Å². The highest BCUT2D eigenvalue weighted by molar-refractivity contribution is 7.11. The standard InChI is InChI=1S/C13H19N3S2/c1-10(2)14-6-3-4-12-15-16-13(18-12)8-11-5-7-17-9-11/h5,7,9-10,14H,3-4,6,8H2,1-2H3. The third-order valence-corrected chi connectivity index (χ3v) is 4.28. The lowest BCUT2D eigenvalue weighted by Crippen LogP contribution is -2.23. The second-order valence-electron chi connectivity index (χ2n) is 4.61. The zero-order valence-corrected chi connectivity index (χ0v) is 12.5. The summed E-state index contributed by atoms with van der Waals surface area (Å²) in [5, 5.41) is 18.5. The quantitative estimate of drug-likeness (QED) is 0.792. The molecular weight excluding hydrogens is 262 g/mol. The van der Waals surface area contributed by atoms with E-state index in [0.717, 1.165) is 35.8 Å². The van der Waals surface area contributed by atoms with E-state index in [1.165, 1.54) is 5.56 Å². The number of nitrogens with zero attached hydrogens (tertiary/aromatic N) is 2. The summed E-state index contributed by atoms with van der Waals surface area (Å²) in [5.41, 5.74) is 1.34. The topological polar surface area (TPSA) is 37.8 Å². The molecule has 2 aromatic heterocycles. The molecule has 2 aromatic rings. The Bertz CT molecular complexity index is 449. The van der Waals surface area contributed by atoms with Crippen molar-refractivity contribution in [1.82, 2.24) is 15.5 Å². The summed E-state index contributed by atoms with van der Waals surface area (Å²) >= 11 is 3.48. The Morgan fingerprint density at radius 1 is 1.28 bits per heavy atom. The van der Waals surface area contributed by atoms with Gasteiger partial charge in [-0.3, -0.25) is 0 Å². The van der Waals surface area contributed by atoms with E-state index in [4.69, 9.17) is 0 Å². The van der Waals surface area contributed by atoms with Gasteiger partial charge in [-0.2, -0.15) is 11.3 Å². The van der Waals surface area contributed by atoms with Crippen LogP contribution in [0, 0.1) is 0 Å². The minimum Gasteiger partial charge on any atom is -0.315 e. The van der Waals surface area contributed by atoms with Gasteiger partial charge in [-0.15, -0.1) is 21.5 Å². The Morgan fingerprint density at radius 3 is 2.83 bits per heavy atom. The number of thiophene rings is 1. The molecule has 0 saturated carbocycles. The van der Waals surface area contributed by atoms with Gasteiger partial charge in [-0.05, 0) is 35.4 Å². The van der Waals surface area contributed by atoms with Crippen molar-refractivity contribution in [1.29, 1.82) is 0 Å². The molecule has 2 heterocycles. The van der Waals surface area contributed by atoms with E-state index in [0.29, 0.717) is 6.04 Å². The second kappa shape index (κ2) is 6.97. The Labute approximate surface area is 116 Å². The van der Waals surface area contributed by atoms with Crippen molar-refractivity contribution in [2.45, 2.75) is 39.2 Å². The van der Waals surface area contributed by atoms with Crippen LogP contribution in [0.15, 0.2) is 16.8 Å². The summed E-state index contributed by atoms with van der Waals surface area (Å²) in [4.78, 5) is 0. The van der Waals surface area contributed by atoms with Crippen molar-refractivity contribution in [3.8, 4) is 0 Å². The van der Waals surface area contributed by atoms with Crippen LogP contribution in [0.3, 0.4) is 0 Å². The molecule has 0 unspecified atom stereocenters. The van der Waals surface area contributed by atoms with E-state index in [-0.39, 0.29) is 0 Å². The maximum Gasteiger partial charge on any atom is 0.121 e.